The van der Waals surface area contributed by atoms with Crippen molar-refractivity contribution in [2.24, 2.45) is 4.99 Å². The lowest BCUT2D eigenvalue weighted by molar-refractivity contribution is 0.474. The van der Waals surface area contributed by atoms with Gasteiger partial charge in [0.05, 0.1) is 24.5 Å². The van der Waals surface area contributed by atoms with Gasteiger partial charge in [-0.3, -0.25) is 4.98 Å². The highest BCUT2D eigenvalue weighted by Crippen LogP contribution is 2.27. The van der Waals surface area contributed by atoms with Crippen LogP contribution in [0, 0.1) is 6.92 Å². The Labute approximate surface area is 154 Å². The minimum atomic E-state index is 0.591. The lowest BCUT2D eigenvalue weighted by atomic mass is 10.0. The molecule has 0 spiro atoms. The van der Waals surface area contributed by atoms with Gasteiger partial charge in [0, 0.05) is 24.7 Å². The Morgan fingerprint density at radius 3 is 2.96 bits per heavy atom. The second-order valence-electron chi connectivity index (χ2n) is 6.48. The molecule has 2 aromatic heterocycles. The fourth-order valence-corrected chi connectivity index (χ4v) is 4.26. The molecule has 1 aliphatic rings. The molecule has 0 radical (unpaired) electrons. The number of hydrogen-bond acceptors (Lipinski definition) is 4. The van der Waals surface area contributed by atoms with Crippen LogP contribution in [-0.2, 0) is 25.9 Å². The van der Waals surface area contributed by atoms with Crippen molar-refractivity contribution in [1.29, 1.82) is 0 Å². The third-order valence-corrected chi connectivity index (χ3v) is 5.60. The van der Waals surface area contributed by atoms with Crippen LogP contribution in [0.15, 0.2) is 23.3 Å². The van der Waals surface area contributed by atoms with Crippen LogP contribution in [0.1, 0.15) is 46.6 Å². The number of fused-ring (bicyclic) bond motifs is 1. The van der Waals surface area contributed by atoms with Crippen LogP contribution in [0.2, 0.25) is 0 Å². The Morgan fingerprint density at radius 1 is 1.36 bits per heavy atom. The monoisotopic (exact) mass is 357 g/mol. The minimum Gasteiger partial charge on any atom is -0.357 e. The number of rotatable bonds is 5. The number of thiazole rings is 1. The van der Waals surface area contributed by atoms with Gasteiger partial charge < -0.3 is 10.2 Å². The maximum Gasteiger partial charge on any atom is 0.194 e. The molecule has 5 nitrogen and oxygen atoms in total. The number of aliphatic imine (C=N–C) groups is 1. The molecule has 0 bridgehead atoms. The summed E-state index contributed by atoms with van der Waals surface area (Å²) in [4.78, 5) is 17.7. The summed E-state index contributed by atoms with van der Waals surface area (Å²) < 4.78 is 0. The number of pyridine rings is 1. The third-order valence-electron chi connectivity index (χ3n) is 4.46. The van der Waals surface area contributed by atoms with Gasteiger partial charge >= 0.3 is 0 Å². The zero-order valence-electron chi connectivity index (χ0n) is 15.4. The van der Waals surface area contributed by atoms with Crippen molar-refractivity contribution < 1.29 is 0 Å². The van der Waals surface area contributed by atoms with Gasteiger partial charge in [0.2, 0.25) is 0 Å². The first-order valence-electron chi connectivity index (χ1n) is 9.04. The SMILES string of the molecule is CCNC(=NCc1ncccc1C)N(C)Cc1nc2c(s1)CCCC2. The molecular weight excluding hydrogens is 330 g/mol. The summed E-state index contributed by atoms with van der Waals surface area (Å²) in [6.45, 7) is 6.41. The van der Waals surface area contributed by atoms with Gasteiger partial charge in [-0.1, -0.05) is 6.07 Å². The van der Waals surface area contributed by atoms with Crippen molar-refractivity contribution in [1.82, 2.24) is 20.2 Å². The van der Waals surface area contributed by atoms with Crippen molar-refractivity contribution in [3.05, 3.63) is 45.2 Å². The van der Waals surface area contributed by atoms with Crippen LogP contribution in [0.3, 0.4) is 0 Å². The van der Waals surface area contributed by atoms with Gasteiger partial charge in [-0.2, -0.15) is 0 Å². The Morgan fingerprint density at radius 2 is 2.20 bits per heavy atom. The van der Waals surface area contributed by atoms with Gasteiger partial charge in [-0.15, -0.1) is 11.3 Å². The molecule has 0 saturated carbocycles. The van der Waals surface area contributed by atoms with E-state index in [1.807, 2.05) is 23.6 Å². The zero-order chi connectivity index (χ0) is 17.6. The molecule has 0 aromatic carbocycles. The first-order valence-corrected chi connectivity index (χ1v) is 9.86. The molecule has 25 heavy (non-hydrogen) atoms. The lowest BCUT2D eigenvalue weighted by Crippen LogP contribution is -2.38. The van der Waals surface area contributed by atoms with Crippen molar-refractivity contribution in [2.45, 2.75) is 52.6 Å². The number of nitrogens with zero attached hydrogens (tertiary/aromatic N) is 4. The van der Waals surface area contributed by atoms with E-state index in [4.69, 9.17) is 9.98 Å². The second-order valence-corrected chi connectivity index (χ2v) is 7.65. The molecule has 0 atom stereocenters. The van der Waals surface area contributed by atoms with Crippen molar-refractivity contribution in [2.75, 3.05) is 13.6 Å². The molecule has 134 valence electrons. The molecule has 2 heterocycles. The summed E-state index contributed by atoms with van der Waals surface area (Å²) in [6.07, 6.45) is 6.75. The topological polar surface area (TPSA) is 53.4 Å². The van der Waals surface area contributed by atoms with Gasteiger partial charge in [-0.05, 0) is 51.2 Å². The molecule has 1 N–H and O–H groups in total. The molecule has 1 aliphatic carbocycles. The van der Waals surface area contributed by atoms with Crippen LogP contribution >= 0.6 is 11.3 Å². The number of nitrogens with one attached hydrogen (secondary N) is 1. The number of aromatic nitrogens is 2. The highest BCUT2D eigenvalue weighted by molar-refractivity contribution is 7.11. The maximum absolute atomic E-state index is 4.85. The molecule has 0 unspecified atom stereocenters. The third kappa shape index (κ3) is 4.57. The highest BCUT2D eigenvalue weighted by Gasteiger charge is 2.17. The summed E-state index contributed by atoms with van der Waals surface area (Å²) in [7, 11) is 2.08. The van der Waals surface area contributed by atoms with Gasteiger partial charge in [0.25, 0.3) is 0 Å². The van der Waals surface area contributed by atoms with E-state index >= 15 is 0 Å². The van der Waals surface area contributed by atoms with E-state index in [9.17, 15) is 0 Å². The predicted octanol–water partition coefficient (Wildman–Crippen LogP) is 3.32. The Hall–Kier alpha value is -1.95. The zero-order valence-corrected chi connectivity index (χ0v) is 16.2. The Balaban J connectivity index is 1.69. The molecule has 3 rings (SSSR count). The van der Waals surface area contributed by atoms with Crippen LogP contribution < -0.4 is 5.32 Å². The number of hydrogen-bond donors (Lipinski definition) is 1. The fourth-order valence-electron chi connectivity index (χ4n) is 3.05. The first-order chi connectivity index (χ1) is 12.2. The van der Waals surface area contributed by atoms with E-state index in [1.165, 1.54) is 40.4 Å². The Kier molecular flexibility index (Phi) is 6.02. The average molecular weight is 358 g/mol. The van der Waals surface area contributed by atoms with E-state index < -0.39 is 0 Å². The molecule has 0 fully saturated rings. The summed E-state index contributed by atoms with van der Waals surface area (Å²) in [5.74, 6) is 0.903. The molecule has 6 heteroatoms. The van der Waals surface area contributed by atoms with Crippen LogP contribution in [0.5, 0.6) is 0 Å². The van der Waals surface area contributed by atoms with E-state index in [2.05, 4.69) is 42.2 Å². The average Bonchev–Trinajstić information content (AvgIpc) is 3.02. The minimum absolute atomic E-state index is 0.591. The quantitative estimate of drug-likeness (QED) is 0.659. The van der Waals surface area contributed by atoms with Crippen molar-refractivity contribution >= 4 is 17.3 Å². The van der Waals surface area contributed by atoms with E-state index in [0.29, 0.717) is 6.54 Å². The second kappa shape index (κ2) is 8.43. The molecule has 0 amide bonds. The van der Waals surface area contributed by atoms with E-state index in [-0.39, 0.29) is 0 Å². The van der Waals surface area contributed by atoms with E-state index in [1.54, 1.807) is 0 Å². The fraction of sp³-hybridized carbons (Fsp3) is 0.526. The van der Waals surface area contributed by atoms with Crippen molar-refractivity contribution in [3.8, 4) is 0 Å². The smallest absolute Gasteiger partial charge is 0.194 e. The van der Waals surface area contributed by atoms with Gasteiger partial charge in [0.1, 0.15) is 5.01 Å². The standard InChI is InChI=1S/C19H27N5S/c1-4-20-19(22-12-16-14(2)8-7-11-21-16)24(3)13-18-23-15-9-5-6-10-17(15)25-18/h7-8,11H,4-6,9-10,12-13H2,1-3H3,(H,20,22). The largest absolute Gasteiger partial charge is 0.357 e. The van der Waals surface area contributed by atoms with E-state index in [0.717, 1.165) is 31.2 Å². The Bertz CT molecular complexity index is 714. The van der Waals surface area contributed by atoms with Crippen LogP contribution in [-0.4, -0.2) is 34.4 Å². The van der Waals surface area contributed by atoms with Gasteiger partial charge in [-0.25, -0.2) is 9.98 Å². The molecular formula is C19H27N5S. The maximum atomic E-state index is 4.85. The summed E-state index contributed by atoms with van der Waals surface area (Å²) in [5, 5.41) is 4.57. The molecule has 0 aliphatic heterocycles. The predicted molar refractivity (Wildman–Crippen MR) is 104 cm³/mol. The normalized spacial score (nSPS) is 14.3. The lowest BCUT2D eigenvalue weighted by Gasteiger charge is -2.21. The van der Waals surface area contributed by atoms with Crippen molar-refractivity contribution in [3.63, 3.8) is 0 Å². The molecule has 0 saturated heterocycles. The number of guanidine groups is 1. The number of aryl methyl sites for hydroxylation is 3. The highest BCUT2D eigenvalue weighted by atomic mass is 32.1. The molecule has 2 aromatic rings. The first kappa shape index (κ1) is 17.9. The van der Waals surface area contributed by atoms with Crippen LogP contribution in [0.25, 0.3) is 0 Å². The van der Waals surface area contributed by atoms with Gasteiger partial charge in [0.15, 0.2) is 5.96 Å². The summed E-state index contributed by atoms with van der Waals surface area (Å²) >= 11 is 1.87. The summed E-state index contributed by atoms with van der Waals surface area (Å²) in [6, 6.07) is 4.04. The summed E-state index contributed by atoms with van der Waals surface area (Å²) in [5.41, 5.74) is 3.53. The van der Waals surface area contributed by atoms with Crippen LogP contribution in [0.4, 0.5) is 0 Å².